The summed E-state index contributed by atoms with van der Waals surface area (Å²) in [5.41, 5.74) is 3.20. The Balaban J connectivity index is 1.96. The zero-order valence-corrected chi connectivity index (χ0v) is 10.9. The van der Waals surface area contributed by atoms with Crippen molar-refractivity contribution in [3.8, 4) is 0 Å². The van der Waals surface area contributed by atoms with Gasteiger partial charge >= 0.3 is 0 Å². The number of nitrogen functional groups attached to an aromatic ring is 1. The van der Waals surface area contributed by atoms with Crippen LogP contribution in [0.4, 0.5) is 9.52 Å². The summed E-state index contributed by atoms with van der Waals surface area (Å²) < 4.78 is 13.5. The van der Waals surface area contributed by atoms with Crippen LogP contribution >= 0.6 is 11.3 Å². The summed E-state index contributed by atoms with van der Waals surface area (Å²) in [7, 11) is 1.95. The van der Waals surface area contributed by atoms with Crippen molar-refractivity contribution in [1.82, 2.24) is 9.88 Å². The standard InChI is InChI=1S/C12H15FN4S/c1-17(7-9-4-2-3-5-11(9)13)8-10-6-15-12(16-14)18-10/h2-6H,7-8,14H2,1H3,(H,15,16). The number of anilines is 1. The maximum Gasteiger partial charge on any atom is 0.197 e. The minimum Gasteiger partial charge on any atom is -0.300 e. The van der Waals surface area contributed by atoms with E-state index in [4.69, 9.17) is 5.84 Å². The number of hydrogen-bond acceptors (Lipinski definition) is 5. The van der Waals surface area contributed by atoms with E-state index in [-0.39, 0.29) is 5.82 Å². The second-order valence-electron chi connectivity index (χ2n) is 4.04. The average molecular weight is 266 g/mol. The quantitative estimate of drug-likeness (QED) is 0.643. The Morgan fingerprint density at radius 2 is 2.17 bits per heavy atom. The van der Waals surface area contributed by atoms with E-state index in [0.717, 1.165) is 4.88 Å². The molecule has 0 saturated carbocycles. The Morgan fingerprint density at radius 3 is 2.83 bits per heavy atom. The van der Waals surface area contributed by atoms with Gasteiger partial charge in [-0.3, -0.25) is 10.3 Å². The molecule has 0 aliphatic rings. The van der Waals surface area contributed by atoms with Gasteiger partial charge in [-0.15, -0.1) is 0 Å². The van der Waals surface area contributed by atoms with Gasteiger partial charge < -0.3 is 0 Å². The molecule has 18 heavy (non-hydrogen) atoms. The molecule has 0 fully saturated rings. The highest BCUT2D eigenvalue weighted by Gasteiger charge is 2.07. The summed E-state index contributed by atoms with van der Waals surface area (Å²) in [6.45, 7) is 1.28. The van der Waals surface area contributed by atoms with Crippen molar-refractivity contribution in [1.29, 1.82) is 0 Å². The van der Waals surface area contributed by atoms with Crippen molar-refractivity contribution in [2.24, 2.45) is 5.84 Å². The Kier molecular flexibility index (Phi) is 4.24. The number of rotatable bonds is 5. The van der Waals surface area contributed by atoms with Crippen molar-refractivity contribution in [2.45, 2.75) is 13.1 Å². The topological polar surface area (TPSA) is 54.2 Å². The Morgan fingerprint density at radius 1 is 1.39 bits per heavy atom. The number of hydrazine groups is 1. The van der Waals surface area contributed by atoms with Crippen LogP contribution in [-0.2, 0) is 13.1 Å². The third kappa shape index (κ3) is 3.25. The van der Waals surface area contributed by atoms with Crippen LogP contribution in [0.5, 0.6) is 0 Å². The van der Waals surface area contributed by atoms with Crippen molar-refractivity contribution in [3.05, 3.63) is 46.7 Å². The van der Waals surface area contributed by atoms with E-state index in [9.17, 15) is 4.39 Å². The number of hydrogen-bond donors (Lipinski definition) is 2. The number of thiazole rings is 1. The lowest BCUT2D eigenvalue weighted by atomic mass is 10.2. The summed E-state index contributed by atoms with van der Waals surface area (Å²) in [5, 5.41) is 0.685. The van der Waals surface area contributed by atoms with Gasteiger partial charge in [-0.05, 0) is 13.1 Å². The fraction of sp³-hybridized carbons (Fsp3) is 0.250. The van der Waals surface area contributed by atoms with Crippen LogP contribution < -0.4 is 11.3 Å². The van der Waals surface area contributed by atoms with E-state index in [0.29, 0.717) is 23.8 Å². The Hall–Kier alpha value is -1.50. The summed E-state index contributed by atoms with van der Waals surface area (Å²) in [5.74, 6) is 5.10. The van der Waals surface area contributed by atoms with Crippen LogP contribution in [0, 0.1) is 5.82 Å². The second kappa shape index (κ2) is 5.90. The maximum absolute atomic E-state index is 13.5. The molecule has 1 heterocycles. The zero-order valence-electron chi connectivity index (χ0n) is 10.1. The van der Waals surface area contributed by atoms with Gasteiger partial charge in [0.05, 0.1) is 0 Å². The first kappa shape index (κ1) is 12.9. The van der Waals surface area contributed by atoms with Crippen molar-refractivity contribution >= 4 is 16.5 Å². The van der Waals surface area contributed by atoms with Gasteiger partial charge in [0.2, 0.25) is 0 Å². The molecule has 2 rings (SSSR count). The molecule has 0 bridgehead atoms. The van der Waals surface area contributed by atoms with Gasteiger partial charge in [0, 0.05) is 29.7 Å². The van der Waals surface area contributed by atoms with Crippen molar-refractivity contribution in [2.75, 3.05) is 12.5 Å². The van der Waals surface area contributed by atoms with Gasteiger partial charge in [-0.25, -0.2) is 15.2 Å². The highest BCUT2D eigenvalue weighted by atomic mass is 32.1. The maximum atomic E-state index is 13.5. The van der Waals surface area contributed by atoms with E-state index in [1.165, 1.54) is 17.4 Å². The van der Waals surface area contributed by atoms with E-state index < -0.39 is 0 Å². The van der Waals surface area contributed by atoms with Crippen LogP contribution in [0.15, 0.2) is 30.5 Å². The first-order valence-corrected chi connectivity index (χ1v) is 6.34. The first-order chi connectivity index (χ1) is 8.69. The molecule has 1 aromatic heterocycles. The second-order valence-corrected chi connectivity index (χ2v) is 5.15. The molecular formula is C12H15FN4S. The van der Waals surface area contributed by atoms with Crippen LogP contribution in [0.1, 0.15) is 10.4 Å². The van der Waals surface area contributed by atoms with Crippen molar-refractivity contribution < 1.29 is 4.39 Å². The molecule has 0 radical (unpaired) electrons. The number of halogens is 1. The Bertz CT molecular complexity index is 514. The minimum absolute atomic E-state index is 0.169. The van der Waals surface area contributed by atoms with E-state index in [2.05, 4.69) is 10.4 Å². The molecule has 3 N–H and O–H groups in total. The average Bonchev–Trinajstić information content (AvgIpc) is 2.80. The molecule has 0 spiro atoms. The molecule has 0 saturated heterocycles. The number of nitrogens with one attached hydrogen (secondary N) is 1. The van der Waals surface area contributed by atoms with Crippen LogP contribution in [0.2, 0.25) is 0 Å². The van der Waals surface area contributed by atoms with Gasteiger partial charge in [0.25, 0.3) is 0 Å². The van der Waals surface area contributed by atoms with E-state index >= 15 is 0 Å². The Labute approximate surface area is 109 Å². The van der Waals surface area contributed by atoms with Crippen LogP contribution in [0.25, 0.3) is 0 Å². The summed E-state index contributed by atoms with van der Waals surface area (Å²) in [6, 6.07) is 6.81. The van der Waals surface area contributed by atoms with Gasteiger partial charge in [-0.2, -0.15) is 0 Å². The fourth-order valence-electron chi connectivity index (χ4n) is 1.69. The molecule has 96 valence electrons. The number of benzene rings is 1. The summed E-state index contributed by atoms with van der Waals surface area (Å²) in [6.07, 6.45) is 1.78. The first-order valence-electron chi connectivity index (χ1n) is 5.52. The lowest BCUT2D eigenvalue weighted by molar-refractivity contribution is 0.316. The highest BCUT2D eigenvalue weighted by Crippen LogP contribution is 2.19. The SMILES string of the molecule is CN(Cc1cnc(NN)s1)Cc1ccccc1F. The highest BCUT2D eigenvalue weighted by molar-refractivity contribution is 7.15. The third-order valence-electron chi connectivity index (χ3n) is 2.50. The van der Waals surface area contributed by atoms with Crippen LogP contribution in [0.3, 0.4) is 0 Å². The lowest BCUT2D eigenvalue weighted by Gasteiger charge is -2.15. The van der Waals surface area contributed by atoms with Gasteiger partial charge in [0.15, 0.2) is 5.13 Å². The molecule has 4 nitrogen and oxygen atoms in total. The molecule has 0 amide bonds. The summed E-state index contributed by atoms with van der Waals surface area (Å²) >= 11 is 1.49. The largest absolute Gasteiger partial charge is 0.300 e. The monoisotopic (exact) mass is 266 g/mol. The van der Waals surface area contributed by atoms with E-state index in [1.54, 1.807) is 18.3 Å². The molecular weight excluding hydrogens is 251 g/mol. The predicted octanol–water partition coefficient (Wildman–Crippen LogP) is 2.20. The van der Waals surface area contributed by atoms with Crippen LogP contribution in [-0.4, -0.2) is 16.9 Å². The summed E-state index contributed by atoms with van der Waals surface area (Å²) in [4.78, 5) is 7.21. The smallest absolute Gasteiger partial charge is 0.197 e. The molecule has 6 heteroatoms. The molecule has 0 atom stereocenters. The molecule has 0 aliphatic carbocycles. The molecule has 2 aromatic rings. The third-order valence-corrected chi connectivity index (χ3v) is 3.41. The molecule has 0 aliphatic heterocycles. The minimum atomic E-state index is -0.169. The van der Waals surface area contributed by atoms with E-state index in [1.807, 2.05) is 18.0 Å². The van der Waals surface area contributed by atoms with Crippen molar-refractivity contribution in [3.63, 3.8) is 0 Å². The number of nitrogens with zero attached hydrogens (tertiary/aromatic N) is 2. The fourth-order valence-corrected chi connectivity index (χ4v) is 2.49. The lowest BCUT2D eigenvalue weighted by Crippen LogP contribution is -2.17. The van der Waals surface area contributed by atoms with Gasteiger partial charge in [0.1, 0.15) is 5.82 Å². The number of nitrogens with two attached hydrogens (primary N) is 1. The normalized spacial score (nSPS) is 10.9. The zero-order chi connectivity index (χ0) is 13.0. The molecule has 0 unspecified atom stereocenters. The predicted molar refractivity (Wildman–Crippen MR) is 71.5 cm³/mol. The molecule has 1 aromatic carbocycles. The van der Waals surface area contributed by atoms with Gasteiger partial charge in [-0.1, -0.05) is 29.5 Å². The number of aromatic nitrogens is 1.